The summed E-state index contributed by atoms with van der Waals surface area (Å²) in [6.07, 6.45) is 2.11. The maximum Gasteiger partial charge on any atom is 0.165 e. The highest BCUT2D eigenvalue weighted by Crippen LogP contribution is 2.26. The molecule has 0 amide bonds. The summed E-state index contributed by atoms with van der Waals surface area (Å²) in [6.45, 7) is 0.305. The monoisotopic (exact) mass is 404 g/mol. The van der Waals surface area contributed by atoms with E-state index in [1.807, 2.05) is 60.7 Å². The van der Waals surface area contributed by atoms with Gasteiger partial charge in [0.05, 0.1) is 17.6 Å². The van der Waals surface area contributed by atoms with Crippen molar-refractivity contribution in [2.45, 2.75) is 13.0 Å². The van der Waals surface area contributed by atoms with E-state index in [-0.39, 0.29) is 5.75 Å². The zero-order chi connectivity index (χ0) is 20.1. The molecule has 4 aromatic rings. The number of nitrogens with zero attached hydrogens (tertiary/aromatic N) is 2. The highest BCUT2D eigenvalue weighted by Gasteiger charge is 2.11. The van der Waals surface area contributed by atoms with Crippen molar-refractivity contribution in [1.29, 1.82) is 0 Å². The molecule has 4 rings (SSSR count). The highest BCUT2D eigenvalue weighted by atomic mass is 35.5. The van der Waals surface area contributed by atoms with Crippen molar-refractivity contribution in [2.75, 3.05) is 0 Å². The second-order valence-electron chi connectivity index (χ2n) is 6.57. The molecule has 0 radical (unpaired) electrons. The third-order valence-corrected chi connectivity index (χ3v) is 4.79. The molecule has 0 fully saturated rings. The Bertz CT molecular complexity index is 1100. The SMILES string of the molecule is Fc1cc(-c2cnc(Cl)c(Cc3ccccc3)n2)ccc1OCc1ccccc1. The minimum Gasteiger partial charge on any atom is -0.486 e. The molecule has 1 aromatic heterocycles. The van der Waals surface area contributed by atoms with Crippen molar-refractivity contribution in [3.05, 3.63) is 113 Å². The van der Waals surface area contributed by atoms with Crippen molar-refractivity contribution < 1.29 is 9.13 Å². The van der Waals surface area contributed by atoms with E-state index in [2.05, 4.69) is 9.97 Å². The maximum absolute atomic E-state index is 14.6. The number of aromatic nitrogens is 2. The number of rotatable bonds is 6. The Morgan fingerprint density at radius 2 is 1.55 bits per heavy atom. The Kier molecular flexibility index (Phi) is 5.82. The zero-order valence-corrected chi connectivity index (χ0v) is 16.3. The molecule has 0 saturated heterocycles. The van der Waals surface area contributed by atoms with E-state index in [0.29, 0.717) is 35.1 Å². The molecule has 29 heavy (non-hydrogen) atoms. The number of halogens is 2. The van der Waals surface area contributed by atoms with Crippen molar-refractivity contribution in [3.8, 4) is 17.0 Å². The molecular weight excluding hydrogens is 387 g/mol. The van der Waals surface area contributed by atoms with E-state index in [1.54, 1.807) is 18.3 Å². The van der Waals surface area contributed by atoms with Gasteiger partial charge < -0.3 is 4.74 Å². The van der Waals surface area contributed by atoms with E-state index in [0.717, 1.165) is 11.1 Å². The first-order chi connectivity index (χ1) is 14.2. The van der Waals surface area contributed by atoms with Gasteiger partial charge in [0.2, 0.25) is 0 Å². The summed E-state index contributed by atoms with van der Waals surface area (Å²) in [6, 6.07) is 24.3. The van der Waals surface area contributed by atoms with Crippen LogP contribution in [0.5, 0.6) is 5.75 Å². The second-order valence-corrected chi connectivity index (χ2v) is 6.93. The first-order valence-electron chi connectivity index (χ1n) is 9.21. The van der Waals surface area contributed by atoms with E-state index < -0.39 is 5.82 Å². The van der Waals surface area contributed by atoms with Crippen molar-refractivity contribution in [2.24, 2.45) is 0 Å². The first-order valence-corrected chi connectivity index (χ1v) is 9.59. The Hall–Kier alpha value is -3.24. The van der Waals surface area contributed by atoms with Crippen LogP contribution in [0.1, 0.15) is 16.8 Å². The molecule has 0 spiro atoms. The summed E-state index contributed by atoms with van der Waals surface area (Å²) in [5.74, 6) is -0.246. The fourth-order valence-corrected chi connectivity index (χ4v) is 3.12. The van der Waals surface area contributed by atoms with Gasteiger partial charge in [-0.05, 0) is 29.3 Å². The topological polar surface area (TPSA) is 35.0 Å². The maximum atomic E-state index is 14.6. The Labute approximate surface area is 173 Å². The van der Waals surface area contributed by atoms with Gasteiger partial charge in [0.25, 0.3) is 0 Å². The molecule has 0 unspecified atom stereocenters. The largest absolute Gasteiger partial charge is 0.486 e. The number of benzene rings is 3. The highest BCUT2D eigenvalue weighted by molar-refractivity contribution is 6.30. The van der Waals surface area contributed by atoms with Crippen LogP contribution in [0.3, 0.4) is 0 Å². The molecule has 3 aromatic carbocycles. The molecule has 0 aliphatic rings. The van der Waals surface area contributed by atoms with Gasteiger partial charge in [-0.25, -0.2) is 14.4 Å². The lowest BCUT2D eigenvalue weighted by molar-refractivity contribution is 0.290. The molecule has 5 heteroatoms. The molecule has 0 saturated carbocycles. The molecule has 144 valence electrons. The summed E-state index contributed by atoms with van der Waals surface area (Å²) in [5, 5.41) is 0.348. The van der Waals surface area contributed by atoms with Gasteiger partial charge in [0.1, 0.15) is 6.61 Å². The molecule has 0 atom stereocenters. The summed E-state index contributed by atoms with van der Waals surface area (Å²) in [5.41, 5.74) is 3.89. The number of ether oxygens (including phenoxy) is 1. The molecule has 0 aliphatic heterocycles. The quantitative estimate of drug-likeness (QED) is 0.389. The average molecular weight is 405 g/mol. The van der Waals surface area contributed by atoms with Gasteiger partial charge in [-0.1, -0.05) is 72.3 Å². The zero-order valence-electron chi connectivity index (χ0n) is 15.6. The fraction of sp³-hybridized carbons (Fsp3) is 0.0833. The van der Waals surface area contributed by atoms with Crippen molar-refractivity contribution in [3.63, 3.8) is 0 Å². The second kappa shape index (κ2) is 8.84. The van der Waals surface area contributed by atoms with E-state index in [9.17, 15) is 4.39 Å². The lowest BCUT2D eigenvalue weighted by Gasteiger charge is -2.10. The Balaban J connectivity index is 1.54. The fourth-order valence-electron chi connectivity index (χ4n) is 2.97. The molecule has 0 bridgehead atoms. The van der Waals surface area contributed by atoms with Crippen molar-refractivity contribution >= 4 is 11.6 Å². The lowest BCUT2D eigenvalue weighted by Crippen LogP contribution is -2.00. The van der Waals surface area contributed by atoms with Crippen LogP contribution in [0.4, 0.5) is 4.39 Å². The van der Waals surface area contributed by atoms with Gasteiger partial charge in [0.15, 0.2) is 16.7 Å². The molecule has 1 heterocycles. The predicted molar refractivity (Wildman–Crippen MR) is 112 cm³/mol. The van der Waals surface area contributed by atoms with Crippen LogP contribution in [-0.4, -0.2) is 9.97 Å². The van der Waals surface area contributed by atoms with Crippen LogP contribution < -0.4 is 4.74 Å². The minimum atomic E-state index is -0.445. The first kappa shape index (κ1) is 19.1. The number of hydrogen-bond acceptors (Lipinski definition) is 3. The van der Waals surface area contributed by atoms with Gasteiger partial charge in [-0.2, -0.15) is 0 Å². The standard InChI is InChI=1S/C24H18ClFN2O/c25-24-21(13-17-7-3-1-4-8-17)28-22(15-27-24)19-11-12-23(20(26)14-19)29-16-18-9-5-2-6-10-18/h1-12,14-15H,13,16H2. The van der Waals surface area contributed by atoms with Crippen LogP contribution in [0.2, 0.25) is 5.15 Å². The van der Waals surface area contributed by atoms with Crippen LogP contribution in [-0.2, 0) is 13.0 Å². The summed E-state index contributed by atoms with van der Waals surface area (Å²) in [4.78, 5) is 8.83. The van der Waals surface area contributed by atoms with Gasteiger partial charge in [0, 0.05) is 12.0 Å². The third-order valence-electron chi connectivity index (χ3n) is 4.47. The lowest BCUT2D eigenvalue weighted by atomic mass is 10.1. The molecular formula is C24H18ClFN2O. The Morgan fingerprint density at radius 3 is 2.24 bits per heavy atom. The summed E-state index contributed by atoms with van der Waals surface area (Å²) < 4.78 is 20.2. The van der Waals surface area contributed by atoms with E-state index >= 15 is 0 Å². The molecule has 0 N–H and O–H groups in total. The van der Waals surface area contributed by atoms with Gasteiger partial charge in [-0.15, -0.1) is 0 Å². The van der Waals surface area contributed by atoms with Gasteiger partial charge in [-0.3, -0.25) is 0 Å². The summed E-state index contributed by atoms with van der Waals surface area (Å²) >= 11 is 6.22. The average Bonchev–Trinajstić information content (AvgIpc) is 2.76. The van der Waals surface area contributed by atoms with Gasteiger partial charge >= 0.3 is 0 Å². The van der Waals surface area contributed by atoms with Crippen LogP contribution in [0.15, 0.2) is 85.1 Å². The summed E-state index contributed by atoms with van der Waals surface area (Å²) in [7, 11) is 0. The molecule has 3 nitrogen and oxygen atoms in total. The number of hydrogen-bond donors (Lipinski definition) is 0. The smallest absolute Gasteiger partial charge is 0.165 e. The van der Waals surface area contributed by atoms with Crippen LogP contribution in [0, 0.1) is 5.82 Å². The van der Waals surface area contributed by atoms with E-state index in [1.165, 1.54) is 6.07 Å². The van der Waals surface area contributed by atoms with Crippen LogP contribution >= 0.6 is 11.6 Å². The Morgan fingerprint density at radius 1 is 0.862 bits per heavy atom. The van der Waals surface area contributed by atoms with Crippen LogP contribution in [0.25, 0.3) is 11.3 Å². The normalized spacial score (nSPS) is 10.7. The minimum absolute atomic E-state index is 0.198. The van der Waals surface area contributed by atoms with Crippen molar-refractivity contribution in [1.82, 2.24) is 9.97 Å². The molecule has 0 aliphatic carbocycles. The third kappa shape index (κ3) is 4.79. The predicted octanol–water partition coefficient (Wildman–Crippen LogP) is 6.11. The van der Waals surface area contributed by atoms with E-state index in [4.69, 9.17) is 16.3 Å².